The lowest BCUT2D eigenvalue weighted by Crippen LogP contribution is -2.30. The maximum absolute atomic E-state index is 14.4. The van der Waals surface area contributed by atoms with Gasteiger partial charge < -0.3 is 4.74 Å². The Hall–Kier alpha value is -1.43. The fourth-order valence-electron chi connectivity index (χ4n) is 2.12. The molecule has 0 amide bonds. The Bertz CT molecular complexity index is 619. The third kappa shape index (κ3) is 2.85. The van der Waals surface area contributed by atoms with Gasteiger partial charge in [0.25, 0.3) is 0 Å². The van der Waals surface area contributed by atoms with E-state index in [2.05, 4.69) is 21.4 Å². The average molecular weight is 339 g/mol. The molecule has 3 nitrogen and oxygen atoms in total. The molecule has 3 N–H and O–H groups in total. The number of benzene rings is 2. The summed E-state index contributed by atoms with van der Waals surface area (Å²) in [7, 11) is 1.44. The number of methoxy groups -OCH3 is 1. The van der Waals surface area contributed by atoms with Crippen molar-refractivity contribution in [2.45, 2.75) is 13.0 Å². The summed E-state index contributed by atoms with van der Waals surface area (Å²) < 4.78 is 20.3. The molecule has 0 spiro atoms. The van der Waals surface area contributed by atoms with Gasteiger partial charge in [0.15, 0.2) is 11.6 Å². The van der Waals surface area contributed by atoms with Crippen molar-refractivity contribution in [2.75, 3.05) is 7.11 Å². The van der Waals surface area contributed by atoms with Crippen LogP contribution in [0.2, 0.25) is 0 Å². The van der Waals surface area contributed by atoms with Crippen molar-refractivity contribution in [3.8, 4) is 5.75 Å². The predicted octanol–water partition coefficient (Wildman–Crippen LogP) is 3.46. The molecule has 0 aliphatic rings. The SMILES string of the molecule is COc1cccc(C(NN)c2ccc(C)cc2Br)c1F. The van der Waals surface area contributed by atoms with Gasteiger partial charge in [-0.25, -0.2) is 9.82 Å². The molecule has 0 aromatic heterocycles. The van der Waals surface area contributed by atoms with Gasteiger partial charge in [-0.1, -0.05) is 40.2 Å². The molecular formula is C15H16BrFN2O. The second-order valence-electron chi connectivity index (χ2n) is 4.49. The van der Waals surface area contributed by atoms with Gasteiger partial charge in [0.2, 0.25) is 0 Å². The molecule has 5 heteroatoms. The Kier molecular flexibility index (Phi) is 4.75. The molecule has 0 bridgehead atoms. The molecule has 0 fully saturated rings. The molecule has 20 heavy (non-hydrogen) atoms. The van der Waals surface area contributed by atoms with E-state index in [4.69, 9.17) is 10.6 Å². The minimum absolute atomic E-state index is 0.200. The molecule has 0 saturated heterocycles. The molecule has 0 aliphatic heterocycles. The van der Waals surface area contributed by atoms with Crippen molar-refractivity contribution in [1.29, 1.82) is 0 Å². The smallest absolute Gasteiger partial charge is 0.170 e. The first-order valence-electron chi connectivity index (χ1n) is 6.13. The van der Waals surface area contributed by atoms with E-state index in [1.54, 1.807) is 18.2 Å². The number of hydrogen-bond donors (Lipinski definition) is 2. The summed E-state index contributed by atoms with van der Waals surface area (Å²) in [6, 6.07) is 10.4. The van der Waals surface area contributed by atoms with Gasteiger partial charge in [0.05, 0.1) is 13.2 Å². The Morgan fingerprint density at radius 2 is 2.00 bits per heavy atom. The lowest BCUT2D eigenvalue weighted by atomic mass is 9.97. The van der Waals surface area contributed by atoms with E-state index in [0.29, 0.717) is 5.56 Å². The van der Waals surface area contributed by atoms with Crippen LogP contribution in [0.3, 0.4) is 0 Å². The molecule has 0 heterocycles. The largest absolute Gasteiger partial charge is 0.494 e. The first kappa shape index (κ1) is 15.0. The van der Waals surface area contributed by atoms with Crippen molar-refractivity contribution in [2.24, 2.45) is 5.84 Å². The first-order valence-corrected chi connectivity index (χ1v) is 6.92. The van der Waals surface area contributed by atoms with Crippen LogP contribution in [0.5, 0.6) is 5.75 Å². The normalized spacial score (nSPS) is 12.2. The number of rotatable bonds is 4. The highest BCUT2D eigenvalue weighted by molar-refractivity contribution is 9.10. The zero-order valence-corrected chi connectivity index (χ0v) is 12.9. The fraction of sp³-hybridized carbons (Fsp3) is 0.200. The van der Waals surface area contributed by atoms with E-state index in [1.807, 2.05) is 25.1 Å². The fourth-order valence-corrected chi connectivity index (χ4v) is 2.84. The second kappa shape index (κ2) is 6.35. The van der Waals surface area contributed by atoms with Crippen LogP contribution in [0, 0.1) is 12.7 Å². The lowest BCUT2D eigenvalue weighted by Gasteiger charge is -2.20. The molecule has 2 rings (SSSR count). The van der Waals surface area contributed by atoms with E-state index in [-0.39, 0.29) is 5.75 Å². The zero-order chi connectivity index (χ0) is 14.7. The highest BCUT2D eigenvalue weighted by Crippen LogP contribution is 2.32. The highest BCUT2D eigenvalue weighted by atomic mass is 79.9. The molecule has 106 valence electrons. The van der Waals surface area contributed by atoms with Gasteiger partial charge in [-0.3, -0.25) is 5.84 Å². The Balaban J connectivity index is 2.52. The van der Waals surface area contributed by atoms with Crippen LogP contribution < -0.4 is 16.0 Å². The van der Waals surface area contributed by atoms with E-state index >= 15 is 0 Å². The Morgan fingerprint density at radius 3 is 2.60 bits per heavy atom. The summed E-state index contributed by atoms with van der Waals surface area (Å²) in [6.45, 7) is 1.99. The van der Waals surface area contributed by atoms with E-state index in [9.17, 15) is 4.39 Å². The van der Waals surface area contributed by atoms with Crippen molar-refractivity contribution >= 4 is 15.9 Å². The number of halogens is 2. The van der Waals surface area contributed by atoms with Crippen molar-refractivity contribution in [3.05, 3.63) is 63.4 Å². The molecular weight excluding hydrogens is 323 g/mol. The maximum atomic E-state index is 14.4. The standard InChI is InChI=1S/C15H16BrFN2O/c1-9-6-7-10(12(16)8-9)15(19-18)11-4-3-5-13(20-2)14(11)17/h3-8,15,19H,18H2,1-2H3. The molecule has 0 saturated carbocycles. The summed E-state index contributed by atoms with van der Waals surface area (Å²) in [6.07, 6.45) is 0. The van der Waals surface area contributed by atoms with Crippen LogP contribution in [0.25, 0.3) is 0 Å². The maximum Gasteiger partial charge on any atom is 0.170 e. The van der Waals surface area contributed by atoms with Gasteiger partial charge in [-0.15, -0.1) is 0 Å². The third-order valence-electron chi connectivity index (χ3n) is 3.16. The topological polar surface area (TPSA) is 47.3 Å². The first-order chi connectivity index (χ1) is 9.58. The van der Waals surface area contributed by atoms with Gasteiger partial charge in [-0.05, 0) is 30.2 Å². The van der Waals surface area contributed by atoms with E-state index in [0.717, 1.165) is 15.6 Å². The van der Waals surface area contributed by atoms with Crippen molar-refractivity contribution in [1.82, 2.24) is 5.43 Å². The molecule has 0 aliphatic carbocycles. The van der Waals surface area contributed by atoms with Crippen LogP contribution in [0.1, 0.15) is 22.7 Å². The molecule has 2 aromatic carbocycles. The Labute approximate surface area is 126 Å². The number of ether oxygens (including phenoxy) is 1. The quantitative estimate of drug-likeness (QED) is 0.663. The van der Waals surface area contributed by atoms with Gasteiger partial charge >= 0.3 is 0 Å². The minimum Gasteiger partial charge on any atom is -0.494 e. The molecule has 1 unspecified atom stereocenters. The summed E-state index contributed by atoms with van der Waals surface area (Å²) >= 11 is 3.50. The monoisotopic (exact) mass is 338 g/mol. The number of nitrogens with two attached hydrogens (primary N) is 1. The van der Waals surface area contributed by atoms with Gasteiger partial charge in [0, 0.05) is 10.0 Å². The van der Waals surface area contributed by atoms with Crippen LogP contribution in [0.15, 0.2) is 40.9 Å². The summed E-state index contributed by atoms with van der Waals surface area (Å²) in [5.41, 5.74) is 5.08. The minimum atomic E-state index is -0.458. The third-order valence-corrected chi connectivity index (χ3v) is 3.84. The number of aryl methyl sites for hydroxylation is 1. The van der Waals surface area contributed by atoms with Crippen LogP contribution in [-0.4, -0.2) is 7.11 Å². The van der Waals surface area contributed by atoms with Crippen LogP contribution in [0.4, 0.5) is 4.39 Å². The van der Waals surface area contributed by atoms with Gasteiger partial charge in [-0.2, -0.15) is 0 Å². The highest BCUT2D eigenvalue weighted by Gasteiger charge is 2.21. The van der Waals surface area contributed by atoms with E-state index in [1.165, 1.54) is 7.11 Å². The lowest BCUT2D eigenvalue weighted by molar-refractivity contribution is 0.381. The van der Waals surface area contributed by atoms with E-state index < -0.39 is 11.9 Å². The summed E-state index contributed by atoms with van der Waals surface area (Å²) in [5, 5.41) is 0. The van der Waals surface area contributed by atoms with Crippen LogP contribution >= 0.6 is 15.9 Å². The molecule has 0 radical (unpaired) electrons. The average Bonchev–Trinajstić information content (AvgIpc) is 2.43. The second-order valence-corrected chi connectivity index (χ2v) is 5.34. The molecule has 2 aromatic rings. The zero-order valence-electron chi connectivity index (χ0n) is 11.3. The summed E-state index contributed by atoms with van der Waals surface area (Å²) in [4.78, 5) is 0. The van der Waals surface area contributed by atoms with Gasteiger partial charge in [0.1, 0.15) is 0 Å². The molecule has 1 atom stereocenters. The van der Waals surface area contributed by atoms with Crippen molar-refractivity contribution < 1.29 is 9.13 Å². The number of hydrogen-bond acceptors (Lipinski definition) is 3. The number of nitrogens with one attached hydrogen (secondary N) is 1. The number of hydrazine groups is 1. The predicted molar refractivity (Wildman–Crippen MR) is 81.0 cm³/mol. The van der Waals surface area contributed by atoms with Crippen molar-refractivity contribution in [3.63, 3.8) is 0 Å². The Morgan fingerprint density at radius 1 is 1.25 bits per heavy atom. The summed E-state index contributed by atoms with van der Waals surface area (Å²) in [5.74, 6) is 5.41. The van der Waals surface area contributed by atoms with Crippen LogP contribution in [-0.2, 0) is 0 Å².